The summed E-state index contributed by atoms with van der Waals surface area (Å²) in [4.78, 5) is 9.22. The van der Waals surface area contributed by atoms with Gasteiger partial charge in [-0.05, 0) is 17.7 Å². The maximum absolute atomic E-state index is 11.2. The molecular formula is C10H13O3P. The highest BCUT2D eigenvalue weighted by Gasteiger charge is 2.16. The molecule has 1 atom stereocenters. The number of rotatable bonds is 4. The number of benzene rings is 1. The summed E-state index contributed by atoms with van der Waals surface area (Å²) >= 11 is 0. The van der Waals surface area contributed by atoms with Gasteiger partial charge in [-0.15, -0.1) is 0 Å². The molecule has 0 aromatic heterocycles. The summed E-state index contributed by atoms with van der Waals surface area (Å²) in [6.07, 6.45) is 1.80. The molecule has 1 aromatic rings. The Bertz CT molecular complexity index is 356. The average Bonchev–Trinajstić information content (AvgIpc) is 2.19. The first kappa shape index (κ1) is 11.0. The summed E-state index contributed by atoms with van der Waals surface area (Å²) in [5, 5.41) is 0. The van der Waals surface area contributed by atoms with Crippen LogP contribution >= 0.6 is 7.60 Å². The monoisotopic (exact) mass is 212 g/mol. The maximum Gasteiger partial charge on any atom is 0.376 e. The first-order chi connectivity index (χ1) is 6.57. The molecule has 0 amide bonds. The van der Waals surface area contributed by atoms with Crippen molar-refractivity contribution in [1.82, 2.24) is 0 Å². The van der Waals surface area contributed by atoms with Crippen LogP contribution in [-0.2, 0) is 4.57 Å². The normalized spacial score (nSPS) is 14.4. The Kier molecular flexibility index (Phi) is 3.50. The van der Waals surface area contributed by atoms with Crippen molar-refractivity contribution in [1.29, 1.82) is 0 Å². The van der Waals surface area contributed by atoms with Crippen LogP contribution in [-0.4, -0.2) is 11.1 Å². The van der Waals surface area contributed by atoms with E-state index in [9.17, 15) is 9.46 Å². The lowest BCUT2D eigenvalue weighted by Gasteiger charge is -2.10. The molecule has 0 aliphatic rings. The molecule has 0 aliphatic heterocycles. The Labute approximate surface area is 83.6 Å². The summed E-state index contributed by atoms with van der Waals surface area (Å²) in [6, 6.07) is 6.85. The van der Waals surface area contributed by atoms with Crippen LogP contribution in [0.4, 0.5) is 0 Å². The third kappa shape index (κ3) is 3.02. The molecule has 0 saturated heterocycles. The fourth-order valence-electron chi connectivity index (χ4n) is 0.894. The van der Waals surface area contributed by atoms with Crippen LogP contribution < -0.4 is 4.52 Å². The SMILES string of the molecule is C=Cc1ccc(OP(=O)(O)CC)cc1. The number of hydrogen-bond donors (Lipinski definition) is 1. The molecule has 0 bridgehead atoms. The molecule has 0 aliphatic carbocycles. The predicted octanol–water partition coefficient (Wildman–Crippen LogP) is 2.91. The summed E-state index contributed by atoms with van der Waals surface area (Å²) < 4.78 is 16.1. The fraction of sp³-hybridized carbons (Fsp3) is 0.200. The molecule has 0 radical (unpaired) electrons. The third-order valence-electron chi connectivity index (χ3n) is 1.76. The third-order valence-corrected chi connectivity index (χ3v) is 3.06. The Morgan fingerprint density at radius 1 is 1.50 bits per heavy atom. The molecule has 1 N–H and O–H groups in total. The molecule has 1 aromatic carbocycles. The molecule has 76 valence electrons. The first-order valence-corrected chi connectivity index (χ1v) is 6.07. The predicted molar refractivity (Wildman–Crippen MR) is 57.5 cm³/mol. The Morgan fingerprint density at radius 2 is 2.07 bits per heavy atom. The second-order valence-electron chi connectivity index (χ2n) is 2.82. The molecule has 14 heavy (non-hydrogen) atoms. The molecule has 0 saturated carbocycles. The average molecular weight is 212 g/mol. The van der Waals surface area contributed by atoms with Crippen LogP contribution in [0.15, 0.2) is 30.8 Å². The quantitative estimate of drug-likeness (QED) is 0.780. The molecular weight excluding hydrogens is 199 g/mol. The minimum atomic E-state index is -3.44. The van der Waals surface area contributed by atoms with Gasteiger partial charge in [-0.25, -0.2) is 4.57 Å². The zero-order valence-corrected chi connectivity index (χ0v) is 8.91. The highest BCUT2D eigenvalue weighted by Crippen LogP contribution is 2.41. The summed E-state index contributed by atoms with van der Waals surface area (Å²) in [7, 11) is -3.44. The van der Waals surface area contributed by atoms with Crippen molar-refractivity contribution < 1.29 is 14.0 Å². The summed E-state index contributed by atoms with van der Waals surface area (Å²) in [5.74, 6) is 0.406. The lowest BCUT2D eigenvalue weighted by molar-refractivity contribution is 0.381. The van der Waals surface area contributed by atoms with Crippen molar-refractivity contribution >= 4 is 13.7 Å². The van der Waals surface area contributed by atoms with Gasteiger partial charge in [0.05, 0.1) is 6.16 Å². The minimum absolute atomic E-state index is 0.107. The van der Waals surface area contributed by atoms with Gasteiger partial charge in [0, 0.05) is 0 Å². The molecule has 3 nitrogen and oxygen atoms in total. The Balaban J connectivity index is 2.78. The van der Waals surface area contributed by atoms with Crippen LogP contribution in [0, 0.1) is 0 Å². The highest BCUT2D eigenvalue weighted by molar-refractivity contribution is 7.53. The van der Waals surface area contributed by atoms with Gasteiger partial charge in [-0.1, -0.05) is 31.7 Å². The van der Waals surface area contributed by atoms with E-state index in [1.165, 1.54) is 0 Å². The smallest absolute Gasteiger partial charge is 0.376 e. The maximum atomic E-state index is 11.2. The first-order valence-electron chi connectivity index (χ1n) is 4.31. The van der Waals surface area contributed by atoms with Gasteiger partial charge in [0.1, 0.15) is 5.75 Å². The molecule has 0 spiro atoms. The van der Waals surface area contributed by atoms with Gasteiger partial charge in [0.2, 0.25) is 0 Å². The van der Waals surface area contributed by atoms with Gasteiger partial charge < -0.3 is 9.42 Å². The van der Waals surface area contributed by atoms with E-state index >= 15 is 0 Å². The lowest BCUT2D eigenvalue weighted by atomic mass is 10.2. The van der Waals surface area contributed by atoms with Crippen molar-refractivity contribution in [3.05, 3.63) is 36.4 Å². The van der Waals surface area contributed by atoms with E-state index in [2.05, 4.69) is 6.58 Å². The zero-order chi connectivity index (χ0) is 10.6. The lowest BCUT2D eigenvalue weighted by Crippen LogP contribution is -1.93. The van der Waals surface area contributed by atoms with E-state index in [-0.39, 0.29) is 6.16 Å². The Morgan fingerprint density at radius 3 is 2.50 bits per heavy atom. The van der Waals surface area contributed by atoms with E-state index < -0.39 is 7.60 Å². The second kappa shape index (κ2) is 4.45. The van der Waals surface area contributed by atoms with Gasteiger partial charge in [-0.3, -0.25) is 0 Å². The van der Waals surface area contributed by atoms with E-state index in [0.29, 0.717) is 5.75 Å². The van der Waals surface area contributed by atoms with E-state index in [1.807, 2.05) is 0 Å². The largest absolute Gasteiger partial charge is 0.424 e. The second-order valence-corrected chi connectivity index (χ2v) is 4.91. The molecule has 1 rings (SSSR count). The fourth-order valence-corrected chi connectivity index (χ4v) is 1.47. The minimum Gasteiger partial charge on any atom is -0.424 e. The van der Waals surface area contributed by atoms with Crippen molar-refractivity contribution in [2.45, 2.75) is 6.92 Å². The molecule has 4 heteroatoms. The van der Waals surface area contributed by atoms with Crippen molar-refractivity contribution in [2.24, 2.45) is 0 Å². The zero-order valence-electron chi connectivity index (χ0n) is 8.01. The van der Waals surface area contributed by atoms with E-state index in [4.69, 9.17) is 4.52 Å². The van der Waals surface area contributed by atoms with Crippen molar-refractivity contribution in [3.63, 3.8) is 0 Å². The standard InChI is InChI=1S/C10H13O3P/c1-3-9-5-7-10(8-6-9)13-14(11,12)4-2/h3,5-8H,1,4H2,2H3,(H,11,12). The van der Waals surface area contributed by atoms with Crippen LogP contribution in [0.3, 0.4) is 0 Å². The van der Waals surface area contributed by atoms with Crippen LogP contribution in [0.2, 0.25) is 0 Å². The molecule has 0 fully saturated rings. The summed E-state index contributed by atoms with van der Waals surface area (Å²) in [6.45, 7) is 5.22. The topological polar surface area (TPSA) is 46.5 Å². The highest BCUT2D eigenvalue weighted by atomic mass is 31.2. The van der Waals surface area contributed by atoms with Crippen molar-refractivity contribution in [2.75, 3.05) is 6.16 Å². The van der Waals surface area contributed by atoms with Crippen LogP contribution in [0.25, 0.3) is 6.08 Å². The summed E-state index contributed by atoms with van der Waals surface area (Å²) in [5.41, 5.74) is 0.946. The van der Waals surface area contributed by atoms with Gasteiger partial charge >= 0.3 is 7.60 Å². The molecule has 0 heterocycles. The van der Waals surface area contributed by atoms with E-state index in [1.54, 1.807) is 37.3 Å². The van der Waals surface area contributed by atoms with E-state index in [0.717, 1.165) is 5.56 Å². The van der Waals surface area contributed by atoms with Crippen molar-refractivity contribution in [3.8, 4) is 5.75 Å². The van der Waals surface area contributed by atoms with Gasteiger partial charge in [0.25, 0.3) is 0 Å². The Hall–Kier alpha value is -1.05. The number of hydrogen-bond acceptors (Lipinski definition) is 2. The van der Waals surface area contributed by atoms with Gasteiger partial charge in [0.15, 0.2) is 0 Å². The molecule has 1 unspecified atom stereocenters. The van der Waals surface area contributed by atoms with Crippen LogP contribution in [0.5, 0.6) is 5.75 Å². The van der Waals surface area contributed by atoms with Gasteiger partial charge in [-0.2, -0.15) is 0 Å². The van der Waals surface area contributed by atoms with Crippen LogP contribution in [0.1, 0.15) is 12.5 Å².